The molecule has 0 saturated heterocycles. The molecule has 1 aliphatic heterocycles. The van der Waals surface area contributed by atoms with Gasteiger partial charge in [-0.05, 0) is 30.4 Å². The summed E-state index contributed by atoms with van der Waals surface area (Å²) in [5.74, 6) is -0.000337. The first-order valence-corrected chi connectivity index (χ1v) is 6.88. The molecular weight excluding hydrogens is 258 g/mol. The first-order chi connectivity index (χ1) is 9.63. The van der Waals surface area contributed by atoms with E-state index in [0.29, 0.717) is 18.9 Å². The molecule has 106 valence electrons. The number of amides is 1. The van der Waals surface area contributed by atoms with Gasteiger partial charge in [0.25, 0.3) is 5.91 Å². The van der Waals surface area contributed by atoms with Crippen molar-refractivity contribution in [3.63, 3.8) is 0 Å². The largest absolute Gasteiger partial charge is 0.480 e. The topological polar surface area (TPSA) is 66.8 Å². The van der Waals surface area contributed by atoms with E-state index >= 15 is 0 Å². The monoisotopic (exact) mass is 275 g/mol. The van der Waals surface area contributed by atoms with Crippen molar-refractivity contribution < 1.29 is 19.4 Å². The molecule has 20 heavy (non-hydrogen) atoms. The lowest BCUT2D eigenvalue weighted by atomic mass is 10.1. The van der Waals surface area contributed by atoms with Crippen LogP contribution in [0.25, 0.3) is 0 Å². The Balaban J connectivity index is 1.69. The molecule has 0 radical (unpaired) electrons. The van der Waals surface area contributed by atoms with Gasteiger partial charge in [0.15, 0.2) is 6.10 Å². The lowest BCUT2D eigenvalue weighted by molar-refractivity contribution is -0.147. The maximum Gasteiger partial charge on any atom is 0.323 e. The molecular formula is C15H17NO4. The van der Waals surface area contributed by atoms with Crippen LogP contribution in [-0.4, -0.2) is 41.1 Å². The van der Waals surface area contributed by atoms with Crippen molar-refractivity contribution in [3.8, 4) is 5.75 Å². The van der Waals surface area contributed by atoms with Crippen LogP contribution in [0.1, 0.15) is 18.4 Å². The maximum absolute atomic E-state index is 12.5. The molecule has 1 aliphatic carbocycles. The van der Waals surface area contributed by atoms with Gasteiger partial charge in [0, 0.05) is 13.0 Å². The van der Waals surface area contributed by atoms with Gasteiger partial charge in [0.1, 0.15) is 12.3 Å². The second-order valence-corrected chi connectivity index (χ2v) is 5.47. The van der Waals surface area contributed by atoms with Crippen molar-refractivity contribution >= 4 is 11.9 Å². The third-order valence-corrected chi connectivity index (χ3v) is 3.74. The van der Waals surface area contributed by atoms with Crippen LogP contribution in [0.5, 0.6) is 5.75 Å². The van der Waals surface area contributed by atoms with Gasteiger partial charge in [0.05, 0.1) is 0 Å². The summed E-state index contributed by atoms with van der Waals surface area (Å²) in [7, 11) is 0. The van der Waals surface area contributed by atoms with Gasteiger partial charge in [-0.3, -0.25) is 9.59 Å². The first-order valence-electron chi connectivity index (χ1n) is 6.88. The minimum atomic E-state index is -0.977. The second kappa shape index (κ2) is 5.15. The Morgan fingerprint density at radius 2 is 2.05 bits per heavy atom. The molecule has 0 bridgehead atoms. The summed E-state index contributed by atoms with van der Waals surface area (Å²) in [6.45, 7) is 0.285. The Morgan fingerprint density at radius 3 is 2.70 bits per heavy atom. The minimum absolute atomic E-state index is 0.212. The van der Waals surface area contributed by atoms with Crippen molar-refractivity contribution in [2.75, 3.05) is 13.1 Å². The Labute approximate surface area is 117 Å². The predicted molar refractivity (Wildman–Crippen MR) is 71.5 cm³/mol. The highest BCUT2D eigenvalue weighted by Gasteiger charge is 2.35. The fourth-order valence-electron chi connectivity index (χ4n) is 2.53. The van der Waals surface area contributed by atoms with E-state index in [1.54, 1.807) is 0 Å². The standard InChI is InChI=1S/C15H17NO4/c17-14(18)9-16(8-10-5-6-10)15(19)13-7-11-3-1-2-4-12(11)20-13/h1-4,10,13H,5-9H2,(H,17,18). The van der Waals surface area contributed by atoms with Gasteiger partial charge in [-0.25, -0.2) is 0 Å². The van der Waals surface area contributed by atoms with Crippen LogP contribution in [0.2, 0.25) is 0 Å². The third-order valence-electron chi connectivity index (χ3n) is 3.74. The van der Waals surface area contributed by atoms with Crippen molar-refractivity contribution in [1.29, 1.82) is 0 Å². The summed E-state index contributed by atoms with van der Waals surface area (Å²) in [4.78, 5) is 24.8. The zero-order valence-electron chi connectivity index (χ0n) is 11.1. The van der Waals surface area contributed by atoms with Crippen molar-refractivity contribution in [2.24, 2.45) is 5.92 Å². The van der Waals surface area contributed by atoms with Crippen molar-refractivity contribution in [2.45, 2.75) is 25.4 Å². The predicted octanol–water partition coefficient (Wildman–Crippen LogP) is 1.31. The van der Waals surface area contributed by atoms with E-state index in [9.17, 15) is 9.59 Å². The molecule has 0 aromatic heterocycles. The Bertz CT molecular complexity index is 513. The number of hydrogen-bond acceptors (Lipinski definition) is 3. The molecule has 2 aliphatic rings. The molecule has 3 rings (SSSR count). The van der Waals surface area contributed by atoms with Gasteiger partial charge in [-0.2, -0.15) is 0 Å². The van der Waals surface area contributed by atoms with Crippen LogP contribution < -0.4 is 4.74 Å². The summed E-state index contributed by atoms with van der Waals surface area (Å²) in [5.41, 5.74) is 1.01. The summed E-state index contributed by atoms with van der Waals surface area (Å²) < 4.78 is 5.65. The first kappa shape index (κ1) is 13.0. The van der Waals surface area contributed by atoms with E-state index < -0.39 is 12.1 Å². The van der Waals surface area contributed by atoms with Crippen LogP contribution in [-0.2, 0) is 16.0 Å². The molecule has 5 nitrogen and oxygen atoms in total. The quantitative estimate of drug-likeness (QED) is 0.880. The van der Waals surface area contributed by atoms with Crippen LogP contribution >= 0.6 is 0 Å². The van der Waals surface area contributed by atoms with Crippen LogP contribution in [0, 0.1) is 5.92 Å². The van der Waals surface area contributed by atoms with Gasteiger partial charge in [0.2, 0.25) is 0 Å². The van der Waals surface area contributed by atoms with Crippen LogP contribution in [0.15, 0.2) is 24.3 Å². The fourth-order valence-corrected chi connectivity index (χ4v) is 2.53. The summed E-state index contributed by atoms with van der Waals surface area (Å²) in [6, 6.07) is 7.55. The lowest BCUT2D eigenvalue weighted by Gasteiger charge is -2.23. The zero-order chi connectivity index (χ0) is 14.1. The fraction of sp³-hybridized carbons (Fsp3) is 0.467. The molecule has 1 fully saturated rings. The highest BCUT2D eigenvalue weighted by molar-refractivity contribution is 5.86. The number of para-hydroxylation sites is 1. The number of ether oxygens (including phenoxy) is 1. The van der Waals surface area contributed by atoms with Crippen LogP contribution in [0.4, 0.5) is 0 Å². The number of carboxylic acids is 1. The highest BCUT2D eigenvalue weighted by atomic mass is 16.5. The smallest absolute Gasteiger partial charge is 0.323 e. The van der Waals surface area contributed by atoms with Crippen LogP contribution in [0.3, 0.4) is 0 Å². The minimum Gasteiger partial charge on any atom is -0.480 e. The van der Waals surface area contributed by atoms with Crippen molar-refractivity contribution in [3.05, 3.63) is 29.8 Å². The number of benzene rings is 1. The average Bonchev–Trinajstić information content (AvgIpc) is 3.12. The SMILES string of the molecule is O=C(O)CN(CC1CC1)C(=O)C1Cc2ccccc2O1. The Morgan fingerprint density at radius 1 is 1.30 bits per heavy atom. The van der Waals surface area contributed by atoms with E-state index in [1.807, 2.05) is 24.3 Å². The number of carbonyl (C=O) groups excluding carboxylic acids is 1. The molecule has 1 aromatic carbocycles. The van der Waals surface area contributed by atoms with E-state index in [-0.39, 0.29) is 12.5 Å². The Hall–Kier alpha value is -2.04. The number of hydrogen-bond donors (Lipinski definition) is 1. The second-order valence-electron chi connectivity index (χ2n) is 5.47. The number of rotatable bonds is 5. The summed E-state index contributed by atoms with van der Waals surface area (Å²) in [6.07, 6.45) is 2.10. The molecule has 0 spiro atoms. The molecule has 5 heteroatoms. The van der Waals surface area contributed by atoms with E-state index in [4.69, 9.17) is 9.84 Å². The average molecular weight is 275 g/mol. The van der Waals surface area contributed by atoms with Crippen molar-refractivity contribution in [1.82, 2.24) is 4.90 Å². The third kappa shape index (κ3) is 2.76. The maximum atomic E-state index is 12.5. The highest BCUT2D eigenvalue weighted by Crippen LogP contribution is 2.32. The van der Waals surface area contributed by atoms with Gasteiger partial charge < -0.3 is 14.7 Å². The number of carbonyl (C=O) groups is 2. The number of aliphatic carboxylic acids is 1. The van der Waals surface area contributed by atoms with Gasteiger partial charge >= 0.3 is 5.97 Å². The molecule has 1 atom stereocenters. The molecule has 1 amide bonds. The lowest BCUT2D eigenvalue weighted by Crippen LogP contribution is -2.44. The van der Waals surface area contributed by atoms with Gasteiger partial charge in [-0.1, -0.05) is 18.2 Å². The van der Waals surface area contributed by atoms with E-state index in [2.05, 4.69) is 0 Å². The zero-order valence-corrected chi connectivity index (χ0v) is 11.1. The summed E-state index contributed by atoms with van der Waals surface area (Å²) in [5, 5.41) is 8.95. The number of carboxylic acid groups (broad SMARTS) is 1. The molecule has 1 heterocycles. The van der Waals surface area contributed by atoms with E-state index in [1.165, 1.54) is 4.90 Å². The summed E-state index contributed by atoms with van der Waals surface area (Å²) >= 11 is 0. The number of nitrogens with zero attached hydrogens (tertiary/aromatic N) is 1. The normalized spacial score (nSPS) is 20.1. The van der Waals surface area contributed by atoms with Gasteiger partial charge in [-0.15, -0.1) is 0 Å². The van der Waals surface area contributed by atoms with E-state index in [0.717, 1.165) is 24.2 Å². The molecule has 1 aromatic rings. The number of fused-ring (bicyclic) bond motifs is 1. The Kier molecular flexibility index (Phi) is 3.34. The molecule has 1 unspecified atom stereocenters. The molecule has 1 saturated carbocycles. The molecule has 1 N–H and O–H groups in total.